The molecule has 0 aliphatic heterocycles. The number of nitrogens with one attached hydrogen (secondary N) is 1. The van der Waals surface area contributed by atoms with Crippen LogP contribution in [0.1, 0.15) is 16.1 Å². The second-order valence-corrected chi connectivity index (χ2v) is 5.07. The highest BCUT2D eigenvalue weighted by Gasteiger charge is 2.12. The maximum Gasteiger partial charge on any atom is 0.291 e. The first kappa shape index (κ1) is 12.4. The molecule has 17 heavy (non-hydrogen) atoms. The fraction of sp³-hybridized carbons (Fsp3) is 0.0833. The molecule has 5 heteroatoms. The third kappa shape index (κ3) is 2.79. The summed E-state index contributed by atoms with van der Waals surface area (Å²) in [5.41, 5.74) is 1.78. The van der Waals surface area contributed by atoms with Gasteiger partial charge in [-0.1, -0.05) is 12.1 Å². The van der Waals surface area contributed by atoms with Crippen molar-refractivity contribution in [2.45, 2.75) is 6.92 Å². The molecule has 0 spiro atoms. The molecule has 0 bridgehead atoms. The Morgan fingerprint density at radius 2 is 2.00 bits per heavy atom. The number of benzene rings is 1. The zero-order valence-electron chi connectivity index (χ0n) is 8.96. The van der Waals surface area contributed by atoms with Crippen molar-refractivity contribution in [1.29, 1.82) is 0 Å². The van der Waals surface area contributed by atoms with E-state index in [1.54, 1.807) is 12.1 Å². The average Bonchev–Trinajstić information content (AvgIpc) is 2.72. The number of hydrogen-bond donors (Lipinski definition) is 1. The Kier molecular flexibility index (Phi) is 3.69. The van der Waals surface area contributed by atoms with Gasteiger partial charge in [-0.3, -0.25) is 4.79 Å². The molecule has 0 aliphatic carbocycles. The molecule has 1 amide bonds. The van der Waals surface area contributed by atoms with E-state index < -0.39 is 0 Å². The Morgan fingerprint density at radius 3 is 2.65 bits per heavy atom. The summed E-state index contributed by atoms with van der Waals surface area (Å²) < 4.78 is 6.58. The lowest BCUT2D eigenvalue weighted by Crippen LogP contribution is -2.11. The Morgan fingerprint density at radius 1 is 1.24 bits per heavy atom. The van der Waals surface area contributed by atoms with Crippen LogP contribution in [0.25, 0.3) is 0 Å². The molecule has 0 fully saturated rings. The molecular formula is C12H9Br2NO2. The summed E-state index contributed by atoms with van der Waals surface area (Å²) in [6.45, 7) is 1.96. The third-order valence-electron chi connectivity index (χ3n) is 2.24. The van der Waals surface area contributed by atoms with Crippen LogP contribution in [0.5, 0.6) is 0 Å². The highest BCUT2D eigenvalue weighted by Crippen LogP contribution is 2.26. The number of anilines is 1. The number of aryl methyl sites for hydroxylation is 1. The zero-order chi connectivity index (χ0) is 12.4. The molecular weight excluding hydrogens is 350 g/mol. The number of furan rings is 1. The van der Waals surface area contributed by atoms with Gasteiger partial charge in [0.25, 0.3) is 5.91 Å². The summed E-state index contributed by atoms with van der Waals surface area (Å²) >= 11 is 6.59. The highest BCUT2D eigenvalue weighted by atomic mass is 79.9. The summed E-state index contributed by atoms with van der Waals surface area (Å²) in [4.78, 5) is 11.8. The van der Waals surface area contributed by atoms with Gasteiger partial charge in [-0.05, 0) is 62.5 Å². The van der Waals surface area contributed by atoms with E-state index in [-0.39, 0.29) is 11.7 Å². The second kappa shape index (κ2) is 5.06. The lowest BCUT2D eigenvalue weighted by atomic mass is 10.2. The van der Waals surface area contributed by atoms with E-state index >= 15 is 0 Å². The summed E-state index contributed by atoms with van der Waals surface area (Å²) in [5.74, 6) is -0.00715. The number of carbonyl (C=O) groups excluding carboxylic acids is 1. The fourth-order valence-electron chi connectivity index (χ4n) is 1.36. The van der Waals surface area contributed by atoms with Gasteiger partial charge in [-0.2, -0.15) is 0 Å². The highest BCUT2D eigenvalue weighted by molar-refractivity contribution is 9.10. The molecule has 2 rings (SSSR count). The molecule has 0 aliphatic rings. The van der Waals surface area contributed by atoms with Gasteiger partial charge in [0.15, 0.2) is 10.4 Å². The molecule has 0 atom stereocenters. The topological polar surface area (TPSA) is 42.2 Å². The number of halogens is 2. The van der Waals surface area contributed by atoms with E-state index in [4.69, 9.17) is 4.42 Å². The minimum Gasteiger partial charge on any atom is -0.444 e. The second-order valence-electron chi connectivity index (χ2n) is 3.49. The van der Waals surface area contributed by atoms with Crippen LogP contribution in [0.2, 0.25) is 0 Å². The molecule has 1 N–H and O–H groups in total. The van der Waals surface area contributed by atoms with Crippen LogP contribution in [0.4, 0.5) is 5.69 Å². The molecule has 1 aromatic heterocycles. The van der Waals surface area contributed by atoms with Gasteiger partial charge in [-0.25, -0.2) is 0 Å². The average molecular weight is 359 g/mol. The standard InChI is InChI=1S/C12H9Br2NO2/c1-7-3-2-4-8(11(7)14)15-12(16)9-5-6-10(13)17-9/h2-6H,1H3,(H,15,16). The first-order valence-electron chi connectivity index (χ1n) is 4.90. The Balaban J connectivity index is 2.21. The van der Waals surface area contributed by atoms with Gasteiger partial charge in [0.2, 0.25) is 0 Å². The van der Waals surface area contributed by atoms with Gasteiger partial charge >= 0.3 is 0 Å². The van der Waals surface area contributed by atoms with E-state index in [2.05, 4.69) is 37.2 Å². The first-order valence-corrected chi connectivity index (χ1v) is 6.48. The molecule has 2 aromatic rings. The molecule has 88 valence electrons. The molecule has 3 nitrogen and oxygen atoms in total. The smallest absolute Gasteiger partial charge is 0.291 e. The van der Waals surface area contributed by atoms with Gasteiger partial charge < -0.3 is 9.73 Å². The van der Waals surface area contributed by atoms with Crippen LogP contribution in [0.15, 0.2) is 43.9 Å². The normalized spacial score (nSPS) is 10.3. The van der Waals surface area contributed by atoms with Crippen molar-refractivity contribution in [3.8, 4) is 0 Å². The minimum absolute atomic E-state index is 0.269. The van der Waals surface area contributed by atoms with E-state index in [0.717, 1.165) is 15.7 Å². The number of carbonyl (C=O) groups is 1. The van der Waals surface area contributed by atoms with Gasteiger partial charge in [0, 0.05) is 4.47 Å². The summed E-state index contributed by atoms with van der Waals surface area (Å²) in [7, 11) is 0. The first-order chi connectivity index (χ1) is 8.08. The maximum atomic E-state index is 11.8. The molecule has 0 saturated carbocycles. The van der Waals surface area contributed by atoms with E-state index in [9.17, 15) is 4.79 Å². The van der Waals surface area contributed by atoms with Crippen molar-refractivity contribution in [3.05, 3.63) is 50.8 Å². The van der Waals surface area contributed by atoms with Crippen LogP contribution >= 0.6 is 31.9 Å². The quantitative estimate of drug-likeness (QED) is 0.866. The van der Waals surface area contributed by atoms with Crippen LogP contribution in [0, 0.1) is 6.92 Å². The van der Waals surface area contributed by atoms with Crippen LogP contribution in [-0.4, -0.2) is 5.91 Å². The van der Waals surface area contributed by atoms with Crippen LogP contribution in [-0.2, 0) is 0 Å². The largest absolute Gasteiger partial charge is 0.444 e. The Labute approximate surface area is 115 Å². The molecule has 0 unspecified atom stereocenters. The predicted molar refractivity (Wildman–Crippen MR) is 73.2 cm³/mol. The third-order valence-corrected chi connectivity index (χ3v) is 3.72. The number of hydrogen-bond acceptors (Lipinski definition) is 2. The van der Waals surface area contributed by atoms with Gasteiger partial charge in [-0.15, -0.1) is 0 Å². The lowest BCUT2D eigenvalue weighted by molar-refractivity contribution is 0.0995. The Bertz CT molecular complexity index is 563. The van der Waals surface area contributed by atoms with Crippen molar-refractivity contribution >= 4 is 43.5 Å². The Hall–Kier alpha value is -1.07. The van der Waals surface area contributed by atoms with E-state index in [1.165, 1.54) is 0 Å². The minimum atomic E-state index is -0.276. The monoisotopic (exact) mass is 357 g/mol. The van der Waals surface area contributed by atoms with Crippen molar-refractivity contribution in [1.82, 2.24) is 0 Å². The van der Waals surface area contributed by atoms with Crippen LogP contribution < -0.4 is 5.32 Å². The SMILES string of the molecule is Cc1cccc(NC(=O)c2ccc(Br)o2)c1Br. The summed E-state index contributed by atoms with van der Waals surface area (Å²) in [5, 5.41) is 2.78. The predicted octanol–water partition coefficient (Wildman–Crippen LogP) is 4.37. The maximum absolute atomic E-state index is 11.8. The van der Waals surface area contributed by atoms with E-state index in [0.29, 0.717) is 4.67 Å². The number of amides is 1. The van der Waals surface area contributed by atoms with Gasteiger partial charge in [0.1, 0.15) is 0 Å². The van der Waals surface area contributed by atoms with Crippen molar-refractivity contribution in [2.24, 2.45) is 0 Å². The van der Waals surface area contributed by atoms with Gasteiger partial charge in [0.05, 0.1) is 5.69 Å². The van der Waals surface area contributed by atoms with Crippen LogP contribution in [0.3, 0.4) is 0 Å². The molecule has 1 heterocycles. The van der Waals surface area contributed by atoms with Crippen molar-refractivity contribution in [3.63, 3.8) is 0 Å². The summed E-state index contributed by atoms with van der Waals surface area (Å²) in [6.07, 6.45) is 0. The zero-order valence-corrected chi connectivity index (χ0v) is 12.1. The van der Waals surface area contributed by atoms with Crippen molar-refractivity contribution in [2.75, 3.05) is 5.32 Å². The lowest BCUT2D eigenvalue weighted by Gasteiger charge is -2.07. The molecule has 0 radical (unpaired) electrons. The molecule has 0 saturated heterocycles. The fourth-order valence-corrected chi connectivity index (χ4v) is 2.03. The number of rotatable bonds is 2. The molecule has 1 aromatic carbocycles. The van der Waals surface area contributed by atoms with E-state index in [1.807, 2.05) is 25.1 Å². The summed E-state index contributed by atoms with van der Waals surface area (Å²) in [6, 6.07) is 8.97. The van der Waals surface area contributed by atoms with Crippen molar-refractivity contribution < 1.29 is 9.21 Å².